The Balaban J connectivity index is 1.08. The number of nitrogens with zero attached hydrogens (tertiary/aromatic N) is 5. The first-order valence-corrected chi connectivity index (χ1v) is 18.3. The maximum atomic E-state index is 10.6. The zero-order chi connectivity index (χ0) is 36.6. The summed E-state index contributed by atoms with van der Waals surface area (Å²) in [6, 6.07) is 65.8. The van der Waals surface area contributed by atoms with Crippen molar-refractivity contribution in [1.82, 2.24) is 13.7 Å². The normalized spacial score (nSPS) is 11.6. The van der Waals surface area contributed by atoms with E-state index in [0.29, 0.717) is 11.1 Å². The van der Waals surface area contributed by atoms with Crippen LogP contribution in [0.15, 0.2) is 176 Å². The fourth-order valence-corrected chi connectivity index (χ4v) is 8.77. The molecule has 11 rings (SSSR count). The molecule has 0 saturated heterocycles. The van der Waals surface area contributed by atoms with Crippen molar-refractivity contribution in [2.75, 3.05) is 0 Å². The highest BCUT2D eigenvalue weighted by atomic mass is 15.0. The van der Waals surface area contributed by atoms with Crippen LogP contribution in [-0.4, -0.2) is 13.7 Å². The number of benzene rings is 8. The Morgan fingerprint density at radius 1 is 0.364 bits per heavy atom. The summed E-state index contributed by atoms with van der Waals surface area (Å²) in [6.45, 7) is 0. The van der Waals surface area contributed by atoms with Crippen molar-refractivity contribution in [3.05, 3.63) is 187 Å². The van der Waals surface area contributed by atoms with Crippen LogP contribution in [0, 0.1) is 22.7 Å². The predicted molar refractivity (Wildman–Crippen MR) is 224 cm³/mol. The van der Waals surface area contributed by atoms with Gasteiger partial charge < -0.3 is 13.7 Å². The first kappa shape index (κ1) is 30.7. The number of hydrogen-bond acceptors (Lipinski definition) is 2. The first-order valence-electron chi connectivity index (χ1n) is 18.3. The number of rotatable bonds is 4. The molecule has 0 N–H and O–H groups in total. The molecule has 0 spiro atoms. The highest BCUT2D eigenvalue weighted by Crippen LogP contribution is 2.41. The van der Waals surface area contributed by atoms with Gasteiger partial charge in [-0.1, -0.05) is 103 Å². The Kier molecular flexibility index (Phi) is 6.61. The lowest BCUT2D eigenvalue weighted by Crippen LogP contribution is -1.98. The smallest absolute Gasteiger partial charge is 0.0998 e. The lowest BCUT2D eigenvalue weighted by Gasteiger charge is -2.13. The molecule has 0 atom stereocenters. The SMILES string of the molecule is N#Cc1ccc2c3c(-n4c5ccccc5c5ccccc54)cccc3n(-c3ccc(-c4ccc(-n5c6ccccc6c6ccccc65)cc4)c(C#N)c3)c2c1. The quantitative estimate of drug-likeness (QED) is 0.184. The minimum atomic E-state index is 0.576. The van der Waals surface area contributed by atoms with E-state index in [1.54, 1.807) is 0 Å². The maximum absolute atomic E-state index is 10.6. The first-order chi connectivity index (χ1) is 27.2. The third kappa shape index (κ3) is 4.45. The molecule has 3 aromatic heterocycles. The van der Waals surface area contributed by atoms with E-state index in [1.807, 2.05) is 24.3 Å². The average molecular weight is 700 g/mol. The molecule has 0 amide bonds. The molecule has 0 fully saturated rings. The average Bonchev–Trinajstić information content (AvgIpc) is 3.89. The van der Waals surface area contributed by atoms with Gasteiger partial charge in [0, 0.05) is 43.7 Å². The molecule has 0 saturated carbocycles. The van der Waals surface area contributed by atoms with Crippen molar-refractivity contribution in [1.29, 1.82) is 10.5 Å². The van der Waals surface area contributed by atoms with E-state index in [2.05, 4.69) is 177 Å². The van der Waals surface area contributed by atoms with Crippen molar-refractivity contribution in [2.24, 2.45) is 0 Å². The van der Waals surface area contributed by atoms with Gasteiger partial charge in [-0.3, -0.25) is 0 Å². The van der Waals surface area contributed by atoms with Gasteiger partial charge in [-0.2, -0.15) is 10.5 Å². The van der Waals surface area contributed by atoms with E-state index in [1.165, 1.54) is 21.5 Å². The molecule has 0 aliphatic heterocycles. The summed E-state index contributed by atoms with van der Waals surface area (Å²) in [5.74, 6) is 0. The van der Waals surface area contributed by atoms with Gasteiger partial charge in [-0.15, -0.1) is 0 Å². The van der Waals surface area contributed by atoms with Gasteiger partial charge in [-0.25, -0.2) is 0 Å². The Hall–Kier alpha value is -7.86. The second-order valence-corrected chi connectivity index (χ2v) is 14.0. The fraction of sp³-hybridized carbons (Fsp3) is 0. The van der Waals surface area contributed by atoms with E-state index in [-0.39, 0.29) is 0 Å². The van der Waals surface area contributed by atoms with Gasteiger partial charge in [0.05, 0.1) is 62.1 Å². The monoisotopic (exact) mass is 699 g/mol. The zero-order valence-corrected chi connectivity index (χ0v) is 29.5. The second-order valence-electron chi connectivity index (χ2n) is 14.0. The molecule has 0 aliphatic rings. The van der Waals surface area contributed by atoms with Crippen molar-refractivity contribution in [3.8, 4) is 40.3 Å². The molecule has 5 heteroatoms. The van der Waals surface area contributed by atoms with E-state index < -0.39 is 0 Å². The molecule has 0 unspecified atom stereocenters. The molecule has 0 aliphatic carbocycles. The van der Waals surface area contributed by atoms with Crippen molar-refractivity contribution >= 4 is 65.4 Å². The maximum Gasteiger partial charge on any atom is 0.0998 e. The summed E-state index contributed by atoms with van der Waals surface area (Å²) in [5, 5.41) is 27.6. The molecular weight excluding hydrogens is 671 g/mol. The summed E-state index contributed by atoms with van der Waals surface area (Å²) >= 11 is 0. The van der Waals surface area contributed by atoms with Gasteiger partial charge >= 0.3 is 0 Å². The zero-order valence-electron chi connectivity index (χ0n) is 29.5. The van der Waals surface area contributed by atoms with Gasteiger partial charge in [-0.05, 0) is 83.9 Å². The third-order valence-electron chi connectivity index (χ3n) is 11.1. The summed E-state index contributed by atoms with van der Waals surface area (Å²) in [5.41, 5.74) is 12.5. The van der Waals surface area contributed by atoms with E-state index in [4.69, 9.17) is 0 Å². The predicted octanol–water partition coefficient (Wildman–Crippen LogP) is 12.4. The Morgan fingerprint density at radius 3 is 1.47 bits per heavy atom. The van der Waals surface area contributed by atoms with Crippen LogP contribution in [-0.2, 0) is 0 Å². The van der Waals surface area contributed by atoms with Crippen LogP contribution in [0.4, 0.5) is 0 Å². The molecule has 5 nitrogen and oxygen atoms in total. The largest absolute Gasteiger partial charge is 0.309 e. The minimum Gasteiger partial charge on any atom is -0.309 e. The van der Waals surface area contributed by atoms with Crippen LogP contribution >= 0.6 is 0 Å². The van der Waals surface area contributed by atoms with Crippen LogP contribution < -0.4 is 0 Å². The lowest BCUT2D eigenvalue weighted by molar-refractivity contribution is 1.17. The molecule has 254 valence electrons. The Morgan fingerprint density at radius 2 is 0.891 bits per heavy atom. The molecular formula is C50H29N5. The van der Waals surface area contributed by atoms with E-state index >= 15 is 0 Å². The number of para-hydroxylation sites is 4. The molecule has 11 aromatic rings. The Bertz CT molecular complexity index is 3350. The lowest BCUT2D eigenvalue weighted by atomic mass is 9.99. The van der Waals surface area contributed by atoms with Crippen LogP contribution in [0.3, 0.4) is 0 Å². The van der Waals surface area contributed by atoms with E-state index in [9.17, 15) is 10.5 Å². The van der Waals surface area contributed by atoms with Crippen LogP contribution in [0.25, 0.3) is 93.6 Å². The summed E-state index contributed by atoms with van der Waals surface area (Å²) in [6.07, 6.45) is 0. The van der Waals surface area contributed by atoms with Crippen molar-refractivity contribution < 1.29 is 0 Å². The van der Waals surface area contributed by atoms with Gasteiger partial charge in [0.25, 0.3) is 0 Å². The molecule has 3 heterocycles. The topological polar surface area (TPSA) is 62.4 Å². The summed E-state index contributed by atoms with van der Waals surface area (Å²) in [7, 11) is 0. The minimum absolute atomic E-state index is 0.576. The highest BCUT2D eigenvalue weighted by Gasteiger charge is 2.21. The molecule has 0 bridgehead atoms. The van der Waals surface area contributed by atoms with Crippen LogP contribution in [0.2, 0.25) is 0 Å². The number of aromatic nitrogens is 3. The third-order valence-corrected chi connectivity index (χ3v) is 11.1. The Labute approximate surface area is 316 Å². The number of fused-ring (bicyclic) bond motifs is 9. The fourth-order valence-electron chi connectivity index (χ4n) is 8.77. The standard InChI is InChI=1S/C50H29N5/c51-30-32-20-26-42-49(28-32)54(47-18-9-19-48(50(42)47)55-45-16-7-3-12-40(45)41-13-4-8-17-46(41)55)36-25-27-37(34(29-36)31-52)33-21-23-35(24-22-33)53-43-14-5-1-10-38(43)39-11-2-6-15-44(39)53/h1-29H. The molecule has 55 heavy (non-hydrogen) atoms. The summed E-state index contributed by atoms with van der Waals surface area (Å²) < 4.78 is 6.84. The molecule has 0 radical (unpaired) electrons. The highest BCUT2D eigenvalue weighted by molar-refractivity contribution is 6.16. The molecule has 8 aromatic carbocycles. The van der Waals surface area contributed by atoms with Crippen molar-refractivity contribution in [3.63, 3.8) is 0 Å². The van der Waals surface area contributed by atoms with Crippen molar-refractivity contribution in [2.45, 2.75) is 0 Å². The van der Waals surface area contributed by atoms with Gasteiger partial charge in [0.1, 0.15) is 0 Å². The van der Waals surface area contributed by atoms with E-state index in [0.717, 1.165) is 72.1 Å². The van der Waals surface area contributed by atoms with Crippen LogP contribution in [0.1, 0.15) is 11.1 Å². The number of nitriles is 2. The van der Waals surface area contributed by atoms with Crippen LogP contribution in [0.5, 0.6) is 0 Å². The second kappa shape index (κ2) is 11.8. The summed E-state index contributed by atoms with van der Waals surface area (Å²) in [4.78, 5) is 0. The number of hydrogen-bond donors (Lipinski definition) is 0. The van der Waals surface area contributed by atoms with Gasteiger partial charge in [0.2, 0.25) is 0 Å². The van der Waals surface area contributed by atoms with Gasteiger partial charge in [0.15, 0.2) is 0 Å².